The molecule has 1 N–H and O–H groups in total. The van der Waals surface area contributed by atoms with Crippen molar-refractivity contribution in [2.24, 2.45) is 0 Å². The number of thiazole rings is 1. The van der Waals surface area contributed by atoms with Crippen molar-refractivity contribution < 1.29 is 9.53 Å². The Kier molecular flexibility index (Phi) is 4.11. The molecule has 2 rings (SSSR count). The van der Waals surface area contributed by atoms with Crippen LogP contribution in [0, 0.1) is 0 Å². The van der Waals surface area contributed by atoms with Gasteiger partial charge in [0.1, 0.15) is 0 Å². The SMILES string of the molecule is COC(=O)c1csc(NCCc2cccs2)n1. The smallest absolute Gasteiger partial charge is 0.357 e. The van der Waals surface area contributed by atoms with E-state index in [1.807, 2.05) is 6.07 Å². The van der Waals surface area contributed by atoms with Gasteiger partial charge < -0.3 is 10.1 Å². The lowest BCUT2D eigenvalue weighted by atomic mass is 10.3. The highest BCUT2D eigenvalue weighted by atomic mass is 32.1. The van der Waals surface area contributed by atoms with E-state index in [4.69, 9.17) is 0 Å². The minimum Gasteiger partial charge on any atom is -0.464 e. The maximum absolute atomic E-state index is 11.2. The van der Waals surface area contributed by atoms with Gasteiger partial charge in [0.25, 0.3) is 0 Å². The molecular formula is C11H12N2O2S2. The molecule has 2 aromatic rings. The number of methoxy groups -OCH3 is 1. The van der Waals surface area contributed by atoms with Crippen LogP contribution < -0.4 is 5.32 Å². The molecule has 0 atom stereocenters. The summed E-state index contributed by atoms with van der Waals surface area (Å²) in [6.07, 6.45) is 0.963. The molecular weight excluding hydrogens is 256 g/mol. The van der Waals surface area contributed by atoms with Crippen molar-refractivity contribution in [3.8, 4) is 0 Å². The summed E-state index contributed by atoms with van der Waals surface area (Å²) in [4.78, 5) is 16.7. The van der Waals surface area contributed by atoms with Gasteiger partial charge in [-0.2, -0.15) is 0 Å². The highest BCUT2D eigenvalue weighted by molar-refractivity contribution is 7.13. The van der Waals surface area contributed by atoms with Crippen molar-refractivity contribution in [2.45, 2.75) is 6.42 Å². The summed E-state index contributed by atoms with van der Waals surface area (Å²) >= 11 is 3.15. The second-order valence-electron chi connectivity index (χ2n) is 3.29. The first-order valence-electron chi connectivity index (χ1n) is 5.09. The number of nitrogens with zero attached hydrogens (tertiary/aromatic N) is 1. The van der Waals surface area contributed by atoms with Crippen molar-refractivity contribution in [3.05, 3.63) is 33.5 Å². The standard InChI is InChI=1S/C11H12N2O2S2/c1-15-10(14)9-7-17-11(13-9)12-5-4-8-3-2-6-16-8/h2-3,6-7H,4-5H2,1H3,(H,12,13). The Morgan fingerprint density at radius 1 is 1.53 bits per heavy atom. The minimum absolute atomic E-state index is 0.358. The Hall–Kier alpha value is -1.40. The van der Waals surface area contributed by atoms with E-state index >= 15 is 0 Å². The van der Waals surface area contributed by atoms with E-state index in [2.05, 4.69) is 26.5 Å². The molecule has 0 bridgehead atoms. The van der Waals surface area contributed by atoms with Crippen molar-refractivity contribution in [2.75, 3.05) is 19.0 Å². The van der Waals surface area contributed by atoms with Crippen LogP contribution in [0.15, 0.2) is 22.9 Å². The Labute approximate surface area is 107 Å². The maximum Gasteiger partial charge on any atom is 0.357 e. The molecule has 2 heterocycles. The summed E-state index contributed by atoms with van der Waals surface area (Å²) in [7, 11) is 1.35. The molecule has 0 aliphatic rings. The van der Waals surface area contributed by atoms with E-state index < -0.39 is 5.97 Å². The first-order valence-corrected chi connectivity index (χ1v) is 6.85. The molecule has 0 spiro atoms. The lowest BCUT2D eigenvalue weighted by Crippen LogP contribution is -2.05. The molecule has 0 fully saturated rings. The maximum atomic E-state index is 11.2. The van der Waals surface area contributed by atoms with Crippen molar-refractivity contribution >= 4 is 33.8 Å². The molecule has 0 amide bonds. The van der Waals surface area contributed by atoms with Crippen LogP contribution in [0.25, 0.3) is 0 Å². The molecule has 17 heavy (non-hydrogen) atoms. The molecule has 90 valence electrons. The van der Waals surface area contributed by atoms with Gasteiger partial charge in [-0.3, -0.25) is 0 Å². The van der Waals surface area contributed by atoms with Crippen LogP contribution in [0.4, 0.5) is 5.13 Å². The fraction of sp³-hybridized carbons (Fsp3) is 0.273. The van der Waals surface area contributed by atoms with Gasteiger partial charge in [-0.05, 0) is 17.9 Å². The van der Waals surface area contributed by atoms with E-state index in [9.17, 15) is 4.79 Å². The molecule has 2 aromatic heterocycles. The van der Waals surface area contributed by atoms with Gasteiger partial charge in [0, 0.05) is 16.8 Å². The van der Waals surface area contributed by atoms with E-state index in [1.165, 1.54) is 23.3 Å². The number of nitrogens with one attached hydrogen (secondary N) is 1. The number of hydrogen-bond donors (Lipinski definition) is 1. The van der Waals surface area contributed by atoms with Crippen LogP contribution in [0.2, 0.25) is 0 Å². The third-order valence-electron chi connectivity index (χ3n) is 2.13. The molecule has 4 nitrogen and oxygen atoms in total. The van der Waals surface area contributed by atoms with Crippen molar-refractivity contribution in [1.29, 1.82) is 0 Å². The first kappa shape index (κ1) is 12.1. The van der Waals surface area contributed by atoms with Gasteiger partial charge in [0.15, 0.2) is 10.8 Å². The molecule has 0 unspecified atom stereocenters. The van der Waals surface area contributed by atoms with Gasteiger partial charge in [0.05, 0.1) is 7.11 Å². The number of carbonyl (C=O) groups is 1. The zero-order valence-corrected chi connectivity index (χ0v) is 10.9. The highest BCUT2D eigenvalue weighted by Gasteiger charge is 2.09. The number of ether oxygens (including phenoxy) is 1. The summed E-state index contributed by atoms with van der Waals surface area (Å²) < 4.78 is 4.59. The minimum atomic E-state index is -0.396. The van der Waals surface area contributed by atoms with Crippen LogP contribution in [0.3, 0.4) is 0 Å². The van der Waals surface area contributed by atoms with E-state index in [1.54, 1.807) is 16.7 Å². The average Bonchev–Trinajstić information content (AvgIpc) is 2.99. The van der Waals surface area contributed by atoms with Crippen molar-refractivity contribution in [1.82, 2.24) is 4.98 Å². The van der Waals surface area contributed by atoms with E-state index in [0.717, 1.165) is 18.1 Å². The summed E-state index contributed by atoms with van der Waals surface area (Å²) in [5.74, 6) is -0.396. The number of thiophene rings is 1. The molecule has 0 saturated heterocycles. The predicted molar refractivity (Wildman–Crippen MR) is 70.0 cm³/mol. The number of esters is 1. The molecule has 0 saturated carbocycles. The third-order valence-corrected chi connectivity index (χ3v) is 3.86. The lowest BCUT2D eigenvalue weighted by molar-refractivity contribution is 0.0595. The van der Waals surface area contributed by atoms with Crippen LogP contribution in [0.1, 0.15) is 15.4 Å². The summed E-state index contributed by atoms with van der Waals surface area (Å²) in [6, 6.07) is 4.15. The Bertz CT molecular complexity index is 479. The topological polar surface area (TPSA) is 51.2 Å². The van der Waals surface area contributed by atoms with Gasteiger partial charge in [-0.25, -0.2) is 9.78 Å². The third kappa shape index (κ3) is 3.28. The van der Waals surface area contributed by atoms with Crippen LogP contribution >= 0.6 is 22.7 Å². The fourth-order valence-corrected chi connectivity index (χ4v) is 2.72. The zero-order chi connectivity index (χ0) is 12.1. The Balaban J connectivity index is 1.83. The van der Waals surface area contributed by atoms with Gasteiger partial charge in [-0.1, -0.05) is 6.07 Å². The predicted octanol–water partition coefficient (Wildman–Crippen LogP) is 2.65. The quantitative estimate of drug-likeness (QED) is 0.847. The Morgan fingerprint density at radius 3 is 3.12 bits per heavy atom. The van der Waals surface area contributed by atoms with Gasteiger partial charge >= 0.3 is 5.97 Å². The van der Waals surface area contributed by atoms with Crippen LogP contribution in [0.5, 0.6) is 0 Å². The summed E-state index contributed by atoms with van der Waals surface area (Å²) in [5.41, 5.74) is 0.358. The summed E-state index contributed by atoms with van der Waals surface area (Å²) in [6.45, 7) is 0.814. The summed E-state index contributed by atoms with van der Waals surface area (Å²) in [5, 5.41) is 7.70. The van der Waals surface area contributed by atoms with Crippen LogP contribution in [-0.2, 0) is 11.2 Å². The molecule has 0 radical (unpaired) electrons. The normalized spacial score (nSPS) is 10.2. The number of anilines is 1. The molecule has 0 aliphatic heterocycles. The Morgan fingerprint density at radius 2 is 2.41 bits per heavy atom. The number of hydrogen-bond acceptors (Lipinski definition) is 6. The van der Waals surface area contributed by atoms with E-state index in [-0.39, 0.29) is 0 Å². The lowest BCUT2D eigenvalue weighted by Gasteiger charge is -2.00. The fourth-order valence-electron chi connectivity index (χ4n) is 1.30. The second-order valence-corrected chi connectivity index (χ2v) is 5.18. The zero-order valence-electron chi connectivity index (χ0n) is 9.30. The monoisotopic (exact) mass is 268 g/mol. The molecule has 0 aliphatic carbocycles. The van der Waals surface area contributed by atoms with E-state index in [0.29, 0.717) is 5.69 Å². The number of rotatable bonds is 5. The van der Waals surface area contributed by atoms with Gasteiger partial charge in [0.2, 0.25) is 0 Å². The highest BCUT2D eigenvalue weighted by Crippen LogP contribution is 2.16. The number of aromatic nitrogens is 1. The molecule has 0 aromatic carbocycles. The van der Waals surface area contributed by atoms with Crippen LogP contribution in [-0.4, -0.2) is 24.6 Å². The van der Waals surface area contributed by atoms with Gasteiger partial charge in [-0.15, -0.1) is 22.7 Å². The average molecular weight is 268 g/mol. The number of carbonyl (C=O) groups excluding carboxylic acids is 1. The van der Waals surface area contributed by atoms with Crippen molar-refractivity contribution in [3.63, 3.8) is 0 Å². The second kappa shape index (κ2) is 5.79. The first-order chi connectivity index (χ1) is 8.29. The largest absolute Gasteiger partial charge is 0.464 e. The molecule has 6 heteroatoms.